The van der Waals surface area contributed by atoms with Crippen LogP contribution in [0.25, 0.3) is 5.70 Å². The van der Waals surface area contributed by atoms with Crippen LogP contribution in [-0.4, -0.2) is 24.2 Å². The van der Waals surface area contributed by atoms with Crippen LogP contribution >= 0.6 is 0 Å². The number of allylic oxidation sites excluding steroid dienone is 3. The molecule has 2 aliphatic rings. The van der Waals surface area contributed by atoms with Crippen molar-refractivity contribution in [2.24, 2.45) is 5.92 Å². The van der Waals surface area contributed by atoms with Crippen LogP contribution < -0.4 is 14.8 Å². The third-order valence-corrected chi connectivity index (χ3v) is 6.73. The molecular formula is C32H37F3N2O3. The molecule has 2 aromatic rings. The monoisotopic (exact) mass is 554 g/mol. The first-order valence-electron chi connectivity index (χ1n) is 13.3. The predicted octanol–water partition coefficient (Wildman–Crippen LogP) is 8.13. The van der Waals surface area contributed by atoms with Gasteiger partial charge in [0.2, 0.25) is 0 Å². The Hall–Kier alpha value is -3.94. The van der Waals surface area contributed by atoms with E-state index in [-0.39, 0.29) is 24.2 Å². The van der Waals surface area contributed by atoms with Crippen molar-refractivity contribution in [1.29, 1.82) is 0 Å². The molecular weight excluding hydrogens is 517 g/mol. The minimum atomic E-state index is -4.74. The van der Waals surface area contributed by atoms with Crippen LogP contribution in [0.5, 0.6) is 11.5 Å². The van der Waals surface area contributed by atoms with Crippen molar-refractivity contribution in [3.8, 4) is 11.5 Å². The summed E-state index contributed by atoms with van der Waals surface area (Å²) in [6.07, 6.45) is 4.31. The molecule has 8 heteroatoms. The Morgan fingerprint density at radius 3 is 2.33 bits per heavy atom. The van der Waals surface area contributed by atoms with Crippen molar-refractivity contribution in [3.05, 3.63) is 102 Å². The summed E-state index contributed by atoms with van der Waals surface area (Å²) in [4.78, 5) is 15.0. The summed E-state index contributed by atoms with van der Waals surface area (Å²) in [5, 5.41) is 3.45. The predicted molar refractivity (Wildman–Crippen MR) is 152 cm³/mol. The number of rotatable bonds is 7. The second-order valence-corrected chi connectivity index (χ2v) is 9.85. The van der Waals surface area contributed by atoms with Gasteiger partial charge in [-0.1, -0.05) is 56.2 Å². The number of ether oxygens (including phenoxy) is 2. The van der Waals surface area contributed by atoms with Crippen LogP contribution in [0.15, 0.2) is 90.8 Å². The Kier molecular flexibility index (Phi) is 10.6. The second-order valence-electron chi connectivity index (χ2n) is 9.85. The summed E-state index contributed by atoms with van der Waals surface area (Å²) in [6, 6.07) is 13.1. The van der Waals surface area contributed by atoms with E-state index >= 15 is 0 Å². The third kappa shape index (κ3) is 8.53. The van der Waals surface area contributed by atoms with Gasteiger partial charge >= 0.3 is 6.36 Å². The fraction of sp³-hybridized carbons (Fsp3) is 0.344. The molecule has 0 bridgehead atoms. The van der Waals surface area contributed by atoms with Gasteiger partial charge < -0.3 is 14.8 Å². The second kappa shape index (κ2) is 13.9. The van der Waals surface area contributed by atoms with Crippen molar-refractivity contribution in [3.63, 3.8) is 0 Å². The summed E-state index contributed by atoms with van der Waals surface area (Å²) in [6.45, 7) is 10.9. The number of hydrogen-bond donors (Lipinski definition) is 1. The molecule has 214 valence electrons. The number of carbonyl (C=O) groups excluding carboxylic acids is 1. The number of halogens is 3. The number of nitrogens with zero attached hydrogens (tertiary/aromatic N) is 1. The van der Waals surface area contributed by atoms with E-state index in [2.05, 4.69) is 23.2 Å². The van der Waals surface area contributed by atoms with Gasteiger partial charge in [0.15, 0.2) is 0 Å². The molecule has 1 N–H and O–H groups in total. The Balaban J connectivity index is 0.000000810. The van der Waals surface area contributed by atoms with Crippen LogP contribution in [0.1, 0.15) is 57.1 Å². The summed E-state index contributed by atoms with van der Waals surface area (Å²) in [5.74, 6) is 1.28. The standard InChI is InChI=1S/C27H29F3N2O3.C5H8/c1-3-23-31-25(24(26(33)32(23)2)19-9-5-4-6-10-19)20-12-14-21(15-13-20)34-17-18-8-7-11-22(16-18)35-27(28,29)30;1-4-5(2)3/h3,7-8,11-16,19,31H,4-6,9-10,17H2,1-2H3;4H,1-2H2,3H3/b23-3-;. The van der Waals surface area contributed by atoms with Gasteiger partial charge in [0.05, 0.1) is 5.70 Å². The van der Waals surface area contributed by atoms with Gasteiger partial charge in [0.1, 0.15) is 23.9 Å². The first-order valence-corrected chi connectivity index (χ1v) is 13.3. The average molecular weight is 555 g/mol. The Bertz CT molecular complexity index is 1260. The minimum Gasteiger partial charge on any atom is -0.489 e. The highest BCUT2D eigenvalue weighted by Crippen LogP contribution is 2.37. The number of carbonyl (C=O) groups is 1. The lowest BCUT2D eigenvalue weighted by atomic mass is 9.80. The largest absolute Gasteiger partial charge is 0.573 e. The zero-order valence-electron chi connectivity index (χ0n) is 23.3. The van der Waals surface area contributed by atoms with Crippen LogP contribution in [-0.2, 0) is 11.4 Å². The van der Waals surface area contributed by atoms with Crippen molar-refractivity contribution in [2.45, 2.75) is 58.9 Å². The fourth-order valence-electron chi connectivity index (χ4n) is 4.66. The fourth-order valence-corrected chi connectivity index (χ4v) is 4.66. The molecule has 1 saturated carbocycles. The maximum absolute atomic E-state index is 13.3. The van der Waals surface area contributed by atoms with Gasteiger partial charge in [0.25, 0.3) is 5.91 Å². The summed E-state index contributed by atoms with van der Waals surface area (Å²) >= 11 is 0. The van der Waals surface area contributed by atoms with Gasteiger partial charge in [-0.15, -0.1) is 13.2 Å². The van der Waals surface area contributed by atoms with Gasteiger partial charge in [-0.2, -0.15) is 0 Å². The molecule has 1 fully saturated rings. The van der Waals surface area contributed by atoms with Crippen molar-refractivity contribution in [1.82, 2.24) is 10.2 Å². The Morgan fingerprint density at radius 1 is 1.10 bits per heavy atom. The van der Waals surface area contributed by atoms with E-state index in [0.717, 1.165) is 53.9 Å². The lowest BCUT2D eigenvalue weighted by Gasteiger charge is -2.35. The first-order chi connectivity index (χ1) is 19.0. The Morgan fingerprint density at radius 2 is 1.75 bits per heavy atom. The number of likely N-dealkylation sites (N-methyl/N-ethyl adjacent to an activating group) is 1. The van der Waals surface area contributed by atoms with Gasteiger partial charge in [-0.05, 0) is 86.2 Å². The molecule has 0 saturated heterocycles. The molecule has 0 spiro atoms. The van der Waals surface area contributed by atoms with Gasteiger partial charge in [-0.3, -0.25) is 9.69 Å². The number of benzene rings is 2. The third-order valence-electron chi connectivity index (χ3n) is 6.73. The zero-order chi connectivity index (χ0) is 29.3. The maximum Gasteiger partial charge on any atom is 0.573 e. The molecule has 1 aliphatic heterocycles. The molecule has 4 rings (SSSR count). The molecule has 1 aliphatic carbocycles. The normalized spacial score (nSPS) is 17.1. The summed E-state index contributed by atoms with van der Waals surface area (Å²) < 4.78 is 47.1. The molecule has 5 nitrogen and oxygen atoms in total. The van der Waals surface area contributed by atoms with E-state index in [1.807, 2.05) is 32.1 Å². The highest BCUT2D eigenvalue weighted by atomic mass is 19.4. The molecule has 1 amide bonds. The number of amides is 1. The molecule has 0 radical (unpaired) electrons. The summed E-state index contributed by atoms with van der Waals surface area (Å²) in [5.41, 5.74) is 4.12. The topological polar surface area (TPSA) is 50.8 Å². The van der Waals surface area contributed by atoms with Gasteiger partial charge in [0, 0.05) is 12.6 Å². The number of alkyl halides is 3. The smallest absolute Gasteiger partial charge is 0.489 e. The van der Waals surface area contributed by atoms with E-state index in [0.29, 0.717) is 11.3 Å². The van der Waals surface area contributed by atoms with Crippen LogP contribution in [0, 0.1) is 5.92 Å². The molecule has 0 unspecified atom stereocenters. The van der Waals surface area contributed by atoms with Crippen LogP contribution in [0.4, 0.5) is 13.2 Å². The van der Waals surface area contributed by atoms with E-state index in [9.17, 15) is 18.0 Å². The van der Waals surface area contributed by atoms with Crippen molar-refractivity contribution in [2.75, 3.05) is 7.05 Å². The molecule has 0 atom stereocenters. The lowest BCUT2D eigenvalue weighted by Crippen LogP contribution is -2.42. The molecule has 0 aromatic heterocycles. The van der Waals surface area contributed by atoms with E-state index < -0.39 is 6.36 Å². The van der Waals surface area contributed by atoms with Crippen LogP contribution in [0.2, 0.25) is 0 Å². The Labute approximate surface area is 234 Å². The molecule has 1 heterocycles. The number of hydrogen-bond acceptors (Lipinski definition) is 4. The van der Waals surface area contributed by atoms with Crippen molar-refractivity contribution >= 4 is 11.6 Å². The highest BCUT2D eigenvalue weighted by molar-refractivity contribution is 6.04. The quantitative estimate of drug-likeness (QED) is 0.351. The highest BCUT2D eigenvalue weighted by Gasteiger charge is 2.34. The minimum absolute atomic E-state index is 0.0278. The van der Waals surface area contributed by atoms with E-state index in [4.69, 9.17) is 4.74 Å². The lowest BCUT2D eigenvalue weighted by molar-refractivity contribution is -0.274. The number of nitrogens with one attached hydrogen (secondary N) is 1. The maximum atomic E-state index is 13.3. The molecule has 2 aromatic carbocycles. The van der Waals surface area contributed by atoms with Gasteiger partial charge in [-0.25, -0.2) is 0 Å². The zero-order valence-corrected chi connectivity index (χ0v) is 23.3. The SMILES string of the molecule is C/C=C1/NC(c2ccc(OCc3cccc(OC(F)(F)F)c3)cc2)=C(C2CCCCC2)C(=O)N1C.C=CC(=C)C. The average Bonchev–Trinajstić information content (AvgIpc) is 2.93. The first kappa shape index (κ1) is 30.6. The van der Waals surface area contributed by atoms with Crippen LogP contribution in [0.3, 0.4) is 0 Å². The molecule has 40 heavy (non-hydrogen) atoms. The van der Waals surface area contributed by atoms with Crippen molar-refractivity contribution < 1.29 is 27.4 Å². The summed E-state index contributed by atoms with van der Waals surface area (Å²) in [7, 11) is 1.79. The van der Waals surface area contributed by atoms with E-state index in [1.54, 1.807) is 36.2 Å². The van der Waals surface area contributed by atoms with E-state index in [1.165, 1.54) is 24.6 Å².